The molecule has 94 valence electrons. The predicted molar refractivity (Wildman–Crippen MR) is 74.5 cm³/mol. The number of benzene rings is 1. The van der Waals surface area contributed by atoms with E-state index in [1.807, 2.05) is 24.4 Å². The van der Waals surface area contributed by atoms with Crippen molar-refractivity contribution in [3.05, 3.63) is 51.2 Å². The lowest BCUT2D eigenvalue weighted by Gasteiger charge is -2.16. The Morgan fingerprint density at radius 2 is 2.11 bits per heavy atom. The Morgan fingerprint density at radius 1 is 1.39 bits per heavy atom. The smallest absolute Gasteiger partial charge is 0.331 e. The second kappa shape index (κ2) is 5.42. The third kappa shape index (κ3) is 2.66. The summed E-state index contributed by atoms with van der Waals surface area (Å²) < 4.78 is 0. The SMILES string of the molecule is Cc1ccsc1C(Nc1ccccc1Cl)C(=O)O. The highest BCUT2D eigenvalue weighted by molar-refractivity contribution is 7.10. The zero-order chi connectivity index (χ0) is 13.1. The third-order valence-electron chi connectivity index (χ3n) is 2.58. The number of carbonyl (C=O) groups is 1. The largest absolute Gasteiger partial charge is 0.479 e. The number of hydrogen-bond acceptors (Lipinski definition) is 3. The van der Waals surface area contributed by atoms with Crippen LogP contribution in [0.25, 0.3) is 0 Å². The molecule has 1 atom stereocenters. The Bertz CT molecular complexity index is 568. The molecule has 0 saturated carbocycles. The maximum absolute atomic E-state index is 11.4. The summed E-state index contributed by atoms with van der Waals surface area (Å²) in [5.74, 6) is -0.916. The van der Waals surface area contributed by atoms with Crippen LogP contribution in [0.3, 0.4) is 0 Å². The van der Waals surface area contributed by atoms with Crippen LogP contribution in [0.5, 0.6) is 0 Å². The highest BCUT2D eigenvalue weighted by Gasteiger charge is 2.23. The number of halogens is 1. The maximum atomic E-state index is 11.4. The molecule has 0 spiro atoms. The summed E-state index contributed by atoms with van der Waals surface area (Å²) in [6.07, 6.45) is 0. The van der Waals surface area contributed by atoms with Gasteiger partial charge in [0.25, 0.3) is 0 Å². The lowest BCUT2D eigenvalue weighted by molar-refractivity contribution is -0.138. The molecule has 1 unspecified atom stereocenters. The molecule has 5 heteroatoms. The minimum absolute atomic E-state index is 0.512. The van der Waals surface area contributed by atoms with Crippen LogP contribution in [0, 0.1) is 6.92 Å². The fourth-order valence-corrected chi connectivity index (χ4v) is 2.81. The Balaban J connectivity index is 2.31. The van der Waals surface area contributed by atoms with Gasteiger partial charge in [-0.2, -0.15) is 0 Å². The van der Waals surface area contributed by atoms with E-state index in [2.05, 4.69) is 5.32 Å². The molecule has 0 bridgehead atoms. The van der Waals surface area contributed by atoms with Crippen LogP contribution in [0.2, 0.25) is 5.02 Å². The molecule has 0 fully saturated rings. The van der Waals surface area contributed by atoms with Gasteiger partial charge in [0.1, 0.15) is 0 Å². The number of aryl methyl sites for hydroxylation is 1. The van der Waals surface area contributed by atoms with Crippen molar-refractivity contribution in [1.29, 1.82) is 0 Å². The van der Waals surface area contributed by atoms with Crippen LogP contribution in [-0.4, -0.2) is 11.1 Å². The van der Waals surface area contributed by atoms with E-state index in [1.54, 1.807) is 18.2 Å². The first-order chi connectivity index (χ1) is 8.59. The number of carboxylic acids is 1. The first-order valence-electron chi connectivity index (χ1n) is 5.37. The number of thiophene rings is 1. The molecule has 2 rings (SSSR count). The fraction of sp³-hybridized carbons (Fsp3) is 0.154. The summed E-state index contributed by atoms with van der Waals surface area (Å²) in [6.45, 7) is 1.90. The van der Waals surface area contributed by atoms with Gasteiger partial charge in [0.15, 0.2) is 6.04 Å². The normalized spacial score (nSPS) is 12.1. The lowest BCUT2D eigenvalue weighted by atomic mass is 10.1. The molecule has 3 nitrogen and oxygen atoms in total. The van der Waals surface area contributed by atoms with Gasteiger partial charge < -0.3 is 10.4 Å². The minimum Gasteiger partial charge on any atom is -0.479 e. The molecule has 0 aliphatic carbocycles. The van der Waals surface area contributed by atoms with Crippen molar-refractivity contribution >= 4 is 34.6 Å². The number of hydrogen-bond donors (Lipinski definition) is 2. The molecule has 0 saturated heterocycles. The first-order valence-corrected chi connectivity index (χ1v) is 6.63. The van der Waals surface area contributed by atoms with Crippen LogP contribution in [0.1, 0.15) is 16.5 Å². The van der Waals surface area contributed by atoms with Crippen molar-refractivity contribution in [3.63, 3.8) is 0 Å². The summed E-state index contributed by atoms with van der Waals surface area (Å²) in [5, 5.41) is 14.7. The zero-order valence-electron chi connectivity index (χ0n) is 9.68. The highest BCUT2D eigenvalue weighted by atomic mass is 35.5. The van der Waals surface area contributed by atoms with Gasteiger partial charge in [-0.1, -0.05) is 23.7 Å². The van der Waals surface area contributed by atoms with E-state index >= 15 is 0 Å². The average molecular weight is 282 g/mol. The van der Waals surface area contributed by atoms with Gasteiger partial charge in [0, 0.05) is 4.88 Å². The van der Waals surface area contributed by atoms with E-state index in [0.717, 1.165) is 10.4 Å². The highest BCUT2D eigenvalue weighted by Crippen LogP contribution is 2.30. The Kier molecular flexibility index (Phi) is 3.89. The molecular formula is C13H12ClNO2S. The van der Waals surface area contributed by atoms with Gasteiger partial charge in [-0.05, 0) is 36.1 Å². The summed E-state index contributed by atoms with van der Waals surface area (Å²) >= 11 is 7.45. The molecule has 18 heavy (non-hydrogen) atoms. The number of anilines is 1. The van der Waals surface area contributed by atoms with Crippen molar-refractivity contribution < 1.29 is 9.90 Å². The van der Waals surface area contributed by atoms with E-state index in [0.29, 0.717) is 10.7 Å². The molecule has 2 N–H and O–H groups in total. The predicted octanol–water partition coefficient (Wildman–Crippen LogP) is 3.95. The second-order valence-electron chi connectivity index (χ2n) is 3.86. The number of nitrogens with one attached hydrogen (secondary N) is 1. The molecule has 1 aromatic carbocycles. The third-order valence-corrected chi connectivity index (χ3v) is 4.00. The van der Waals surface area contributed by atoms with E-state index in [-0.39, 0.29) is 0 Å². The standard InChI is InChI=1S/C13H12ClNO2S/c1-8-6-7-18-12(8)11(13(16)17)15-10-5-3-2-4-9(10)14/h2-7,11,15H,1H3,(H,16,17). The monoisotopic (exact) mass is 281 g/mol. The van der Waals surface area contributed by atoms with Crippen LogP contribution in [0.15, 0.2) is 35.7 Å². The van der Waals surface area contributed by atoms with Crippen LogP contribution in [0.4, 0.5) is 5.69 Å². The number of carboxylic acid groups (broad SMARTS) is 1. The number of aliphatic carboxylic acids is 1. The van der Waals surface area contributed by atoms with Gasteiger partial charge >= 0.3 is 5.97 Å². The van der Waals surface area contributed by atoms with Crippen LogP contribution in [-0.2, 0) is 4.79 Å². The molecule has 1 aromatic heterocycles. The average Bonchev–Trinajstić information content (AvgIpc) is 2.74. The number of para-hydroxylation sites is 1. The summed E-state index contributed by atoms with van der Waals surface area (Å²) in [5.41, 5.74) is 1.59. The summed E-state index contributed by atoms with van der Waals surface area (Å²) in [6, 6.07) is 8.24. The van der Waals surface area contributed by atoms with E-state index in [4.69, 9.17) is 11.6 Å². The van der Waals surface area contributed by atoms with Crippen molar-refractivity contribution in [3.8, 4) is 0 Å². The zero-order valence-corrected chi connectivity index (χ0v) is 11.3. The summed E-state index contributed by atoms with van der Waals surface area (Å²) in [7, 11) is 0. The Labute approximate surface area is 114 Å². The van der Waals surface area contributed by atoms with E-state index in [9.17, 15) is 9.90 Å². The molecule has 0 amide bonds. The maximum Gasteiger partial charge on any atom is 0.331 e. The van der Waals surface area contributed by atoms with Crippen molar-refractivity contribution in [2.24, 2.45) is 0 Å². The quantitative estimate of drug-likeness (QED) is 0.892. The Hall–Kier alpha value is -1.52. The molecular weight excluding hydrogens is 270 g/mol. The van der Waals surface area contributed by atoms with Crippen LogP contribution >= 0.6 is 22.9 Å². The van der Waals surface area contributed by atoms with E-state index < -0.39 is 12.0 Å². The minimum atomic E-state index is -0.916. The van der Waals surface area contributed by atoms with Crippen molar-refractivity contribution in [2.45, 2.75) is 13.0 Å². The second-order valence-corrected chi connectivity index (χ2v) is 5.22. The van der Waals surface area contributed by atoms with Gasteiger partial charge in [-0.3, -0.25) is 0 Å². The summed E-state index contributed by atoms with van der Waals surface area (Å²) in [4.78, 5) is 12.2. The van der Waals surface area contributed by atoms with Gasteiger partial charge in [0.05, 0.1) is 10.7 Å². The molecule has 0 aliphatic rings. The first kappa shape index (κ1) is 12.9. The van der Waals surface area contributed by atoms with Gasteiger partial charge in [0.2, 0.25) is 0 Å². The van der Waals surface area contributed by atoms with Gasteiger partial charge in [-0.15, -0.1) is 11.3 Å². The molecule has 0 radical (unpaired) electrons. The van der Waals surface area contributed by atoms with Crippen LogP contribution < -0.4 is 5.32 Å². The fourth-order valence-electron chi connectivity index (χ4n) is 1.65. The van der Waals surface area contributed by atoms with E-state index in [1.165, 1.54) is 11.3 Å². The molecule has 2 aromatic rings. The number of rotatable bonds is 4. The Morgan fingerprint density at radius 3 is 2.67 bits per heavy atom. The van der Waals surface area contributed by atoms with Crippen molar-refractivity contribution in [1.82, 2.24) is 0 Å². The lowest BCUT2D eigenvalue weighted by Crippen LogP contribution is -2.20. The van der Waals surface area contributed by atoms with Crippen molar-refractivity contribution in [2.75, 3.05) is 5.32 Å². The molecule has 0 aliphatic heterocycles. The van der Waals surface area contributed by atoms with Gasteiger partial charge in [-0.25, -0.2) is 4.79 Å². The molecule has 1 heterocycles. The topological polar surface area (TPSA) is 49.3 Å².